The molecule has 2 amide bonds. The second-order valence-corrected chi connectivity index (χ2v) is 10.1. The van der Waals surface area contributed by atoms with Crippen LogP contribution in [-0.4, -0.2) is 34.6 Å². The molecule has 0 aromatic heterocycles. The first kappa shape index (κ1) is 24.7. The van der Waals surface area contributed by atoms with Crippen LogP contribution in [0.4, 0.5) is 0 Å². The fourth-order valence-corrected chi connectivity index (χ4v) is 4.96. The topological polar surface area (TPSA) is 49.4 Å². The van der Waals surface area contributed by atoms with Crippen LogP contribution in [0.15, 0.2) is 48.5 Å². The molecular formula is C26H33ClN2O2S. The molecule has 172 valence electrons. The predicted octanol–water partition coefficient (Wildman–Crippen LogP) is 5.75. The zero-order chi connectivity index (χ0) is 22.9. The van der Waals surface area contributed by atoms with Crippen LogP contribution in [0.3, 0.4) is 0 Å². The summed E-state index contributed by atoms with van der Waals surface area (Å²) in [5, 5.41) is 3.83. The number of carbonyl (C=O) groups excluding carboxylic acids is 2. The number of thioether (sulfide) groups is 1. The third-order valence-corrected chi connectivity index (χ3v) is 7.24. The number of halogens is 1. The highest BCUT2D eigenvalue weighted by Gasteiger charge is 2.28. The van der Waals surface area contributed by atoms with Crippen LogP contribution in [0.1, 0.15) is 55.7 Å². The number of carbonyl (C=O) groups is 2. The van der Waals surface area contributed by atoms with Gasteiger partial charge in [-0.3, -0.25) is 9.59 Å². The second kappa shape index (κ2) is 12.3. The number of aryl methyl sites for hydroxylation is 1. The molecule has 0 spiro atoms. The Morgan fingerprint density at radius 1 is 1.03 bits per heavy atom. The summed E-state index contributed by atoms with van der Waals surface area (Å²) in [6.07, 6.45) is 5.60. The molecule has 1 N–H and O–H groups in total. The first-order valence-corrected chi connectivity index (χ1v) is 12.9. The maximum atomic E-state index is 13.2. The first-order valence-electron chi connectivity index (χ1n) is 11.4. The van der Waals surface area contributed by atoms with Gasteiger partial charge in [0.1, 0.15) is 6.04 Å². The standard InChI is InChI=1S/C26H33ClN2O2S/c1-19-8-10-22(11-9-19)17-32-18-25(30)29(16-21-12-14-23(27)15-13-21)20(2)26(31)28-24-6-4-3-5-7-24/h8-15,20,24H,3-7,16-18H2,1-2H3,(H,28,31). The highest BCUT2D eigenvalue weighted by Crippen LogP contribution is 2.20. The van der Waals surface area contributed by atoms with E-state index in [2.05, 4.69) is 36.5 Å². The summed E-state index contributed by atoms with van der Waals surface area (Å²) in [6.45, 7) is 4.28. The van der Waals surface area contributed by atoms with Gasteiger partial charge in [-0.25, -0.2) is 0 Å². The minimum atomic E-state index is -0.528. The summed E-state index contributed by atoms with van der Waals surface area (Å²) in [5.41, 5.74) is 3.38. The smallest absolute Gasteiger partial charge is 0.242 e. The van der Waals surface area contributed by atoms with E-state index in [-0.39, 0.29) is 17.9 Å². The number of rotatable bonds is 9. The monoisotopic (exact) mass is 472 g/mol. The Kier molecular flexibility index (Phi) is 9.49. The Labute approximate surface area is 201 Å². The molecule has 2 aromatic carbocycles. The lowest BCUT2D eigenvalue weighted by Gasteiger charge is -2.31. The van der Waals surface area contributed by atoms with E-state index in [4.69, 9.17) is 11.6 Å². The molecule has 0 saturated heterocycles. The van der Waals surface area contributed by atoms with Gasteiger partial charge in [0.2, 0.25) is 11.8 Å². The number of amides is 2. The first-order chi connectivity index (χ1) is 15.4. The molecule has 1 unspecified atom stereocenters. The van der Waals surface area contributed by atoms with Crippen molar-refractivity contribution in [1.82, 2.24) is 10.2 Å². The minimum absolute atomic E-state index is 0.0247. The van der Waals surface area contributed by atoms with E-state index in [0.29, 0.717) is 17.3 Å². The van der Waals surface area contributed by atoms with Gasteiger partial charge in [0.15, 0.2) is 0 Å². The van der Waals surface area contributed by atoms with Crippen LogP contribution in [0, 0.1) is 6.92 Å². The number of nitrogens with zero attached hydrogens (tertiary/aromatic N) is 1. The van der Waals surface area contributed by atoms with Gasteiger partial charge in [0.25, 0.3) is 0 Å². The third-order valence-electron chi connectivity index (χ3n) is 6.00. The number of hydrogen-bond donors (Lipinski definition) is 1. The summed E-state index contributed by atoms with van der Waals surface area (Å²) in [4.78, 5) is 27.9. The molecule has 6 heteroatoms. The number of nitrogens with one attached hydrogen (secondary N) is 1. The zero-order valence-electron chi connectivity index (χ0n) is 19.0. The van der Waals surface area contributed by atoms with E-state index in [9.17, 15) is 9.59 Å². The van der Waals surface area contributed by atoms with Gasteiger partial charge < -0.3 is 10.2 Å². The van der Waals surface area contributed by atoms with Crippen molar-refractivity contribution in [1.29, 1.82) is 0 Å². The van der Waals surface area contributed by atoms with Gasteiger partial charge in [-0.2, -0.15) is 0 Å². The Morgan fingerprint density at radius 2 is 1.66 bits per heavy atom. The number of hydrogen-bond acceptors (Lipinski definition) is 3. The van der Waals surface area contributed by atoms with Crippen LogP contribution in [0.2, 0.25) is 5.02 Å². The molecule has 0 bridgehead atoms. The predicted molar refractivity (Wildman–Crippen MR) is 134 cm³/mol. The van der Waals surface area contributed by atoms with Gasteiger partial charge in [-0.05, 0) is 49.9 Å². The van der Waals surface area contributed by atoms with Crippen molar-refractivity contribution in [3.8, 4) is 0 Å². The Bertz CT molecular complexity index is 880. The van der Waals surface area contributed by atoms with Gasteiger partial charge in [0, 0.05) is 23.4 Å². The molecule has 3 rings (SSSR count). The molecule has 1 aliphatic rings. The highest BCUT2D eigenvalue weighted by atomic mass is 35.5. The lowest BCUT2D eigenvalue weighted by atomic mass is 9.95. The Balaban J connectivity index is 1.64. The van der Waals surface area contributed by atoms with Gasteiger partial charge in [0.05, 0.1) is 5.75 Å². The fourth-order valence-electron chi connectivity index (χ4n) is 3.96. The molecule has 4 nitrogen and oxygen atoms in total. The largest absolute Gasteiger partial charge is 0.352 e. The van der Waals surface area contributed by atoms with Crippen molar-refractivity contribution in [3.05, 3.63) is 70.2 Å². The van der Waals surface area contributed by atoms with Crippen molar-refractivity contribution >= 4 is 35.2 Å². The quantitative estimate of drug-likeness (QED) is 0.505. The summed E-state index contributed by atoms with van der Waals surface area (Å²) >= 11 is 7.60. The van der Waals surface area contributed by atoms with E-state index < -0.39 is 6.04 Å². The van der Waals surface area contributed by atoms with E-state index in [1.807, 2.05) is 31.2 Å². The molecule has 32 heavy (non-hydrogen) atoms. The Hall–Kier alpha value is -1.98. The zero-order valence-corrected chi connectivity index (χ0v) is 20.6. The SMILES string of the molecule is Cc1ccc(CSCC(=O)N(Cc2ccc(Cl)cc2)C(C)C(=O)NC2CCCCC2)cc1. The number of benzene rings is 2. The van der Waals surface area contributed by atoms with Crippen LogP contribution < -0.4 is 5.32 Å². The average Bonchev–Trinajstić information content (AvgIpc) is 2.80. The van der Waals surface area contributed by atoms with Crippen LogP contribution in [-0.2, 0) is 21.9 Å². The van der Waals surface area contributed by atoms with Crippen molar-refractivity contribution in [2.75, 3.05) is 5.75 Å². The fraction of sp³-hybridized carbons (Fsp3) is 0.462. The minimum Gasteiger partial charge on any atom is -0.352 e. The molecule has 1 aliphatic carbocycles. The van der Waals surface area contributed by atoms with Crippen LogP contribution in [0.5, 0.6) is 0 Å². The summed E-state index contributed by atoms with van der Waals surface area (Å²) in [5.74, 6) is 1.01. The second-order valence-electron chi connectivity index (χ2n) is 8.65. The molecule has 1 saturated carbocycles. The molecule has 0 heterocycles. The maximum absolute atomic E-state index is 13.2. The van der Waals surface area contributed by atoms with Crippen LogP contribution in [0.25, 0.3) is 0 Å². The van der Waals surface area contributed by atoms with E-state index in [0.717, 1.165) is 37.0 Å². The summed E-state index contributed by atoms with van der Waals surface area (Å²) in [7, 11) is 0. The average molecular weight is 473 g/mol. The van der Waals surface area contributed by atoms with Crippen molar-refractivity contribution in [2.45, 2.75) is 70.3 Å². The van der Waals surface area contributed by atoms with E-state index in [1.165, 1.54) is 17.5 Å². The maximum Gasteiger partial charge on any atom is 0.242 e. The molecular weight excluding hydrogens is 440 g/mol. The van der Waals surface area contributed by atoms with Gasteiger partial charge >= 0.3 is 0 Å². The van der Waals surface area contributed by atoms with Crippen molar-refractivity contribution in [2.24, 2.45) is 0 Å². The molecule has 0 aliphatic heterocycles. The van der Waals surface area contributed by atoms with Crippen molar-refractivity contribution in [3.63, 3.8) is 0 Å². The highest BCUT2D eigenvalue weighted by molar-refractivity contribution is 7.99. The molecule has 1 atom stereocenters. The molecule has 2 aromatic rings. The summed E-state index contributed by atoms with van der Waals surface area (Å²) in [6, 6.07) is 15.5. The molecule has 1 fully saturated rings. The normalized spacial score (nSPS) is 15.2. The summed E-state index contributed by atoms with van der Waals surface area (Å²) < 4.78 is 0. The Morgan fingerprint density at radius 3 is 2.31 bits per heavy atom. The lowest BCUT2D eigenvalue weighted by molar-refractivity contribution is -0.139. The van der Waals surface area contributed by atoms with Gasteiger partial charge in [-0.1, -0.05) is 72.8 Å². The van der Waals surface area contributed by atoms with Gasteiger partial charge in [-0.15, -0.1) is 11.8 Å². The third kappa shape index (κ3) is 7.56. The van der Waals surface area contributed by atoms with E-state index in [1.54, 1.807) is 16.7 Å². The van der Waals surface area contributed by atoms with Crippen molar-refractivity contribution < 1.29 is 9.59 Å². The lowest BCUT2D eigenvalue weighted by Crippen LogP contribution is -2.50. The van der Waals surface area contributed by atoms with E-state index >= 15 is 0 Å². The van der Waals surface area contributed by atoms with Crippen LogP contribution >= 0.6 is 23.4 Å². The molecule has 0 radical (unpaired) electrons.